The highest BCUT2D eigenvalue weighted by Gasteiger charge is 2.12. The number of aromatic hydroxyl groups is 1. The largest absolute Gasteiger partial charge is 0.502 e. The molecule has 0 unspecified atom stereocenters. The fourth-order valence-electron chi connectivity index (χ4n) is 1.63. The van der Waals surface area contributed by atoms with Gasteiger partial charge in [-0.05, 0) is 23.1 Å². The molecular weight excluding hydrogens is 230 g/mol. The molecular formula is C14H23NO3. The Hall–Kier alpha value is -1.42. The predicted octanol–water partition coefficient (Wildman–Crippen LogP) is 2.55. The van der Waals surface area contributed by atoms with Crippen molar-refractivity contribution in [3.05, 3.63) is 17.7 Å². The van der Waals surface area contributed by atoms with Crippen LogP contribution in [0.15, 0.2) is 12.1 Å². The van der Waals surface area contributed by atoms with Crippen LogP contribution in [0, 0.1) is 5.41 Å². The van der Waals surface area contributed by atoms with Gasteiger partial charge in [-0.15, -0.1) is 0 Å². The molecule has 0 aliphatic heterocycles. The first-order chi connectivity index (χ1) is 8.37. The lowest BCUT2D eigenvalue weighted by Crippen LogP contribution is -2.26. The quantitative estimate of drug-likeness (QED) is 0.846. The van der Waals surface area contributed by atoms with Crippen molar-refractivity contribution in [2.24, 2.45) is 5.41 Å². The van der Waals surface area contributed by atoms with Crippen molar-refractivity contribution in [1.29, 1.82) is 0 Å². The van der Waals surface area contributed by atoms with Crippen LogP contribution < -0.4 is 14.8 Å². The molecule has 2 N–H and O–H groups in total. The molecule has 0 bridgehead atoms. The summed E-state index contributed by atoms with van der Waals surface area (Å²) in [6.45, 7) is 8.16. The Morgan fingerprint density at radius 1 is 1.11 bits per heavy atom. The van der Waals surface area contributed by atoms with Crippen LogP contribution in [0.25, 0.3) is 0 Å². The summed E-state index contributed by atoms with van der Waals surface area (Å²) in [5.41, 5.74) is 1.26. The molecule has 1 aromatic carbocycles. The van der Waals surface area contributed by atoms with Gasteiger partial charge in [0.2, 0.25) is 5.75 Å². The van der Waals surface area contributed by atoms with E-state index in [2.05, 4.69) is 26.1 Å². The Morgan fingerprint density at radius 3 is 2.00 bits per heavy atom. The first-order valence-electron chi connectivity index (χ1n) is 6.02. The third kappa shape index (κ3) is 4.11. The van der Waals surface area contributed by atoms with Crippen LogP contribution in [-0.2, 0) is 6.54 Å². The summed E-state index contributed by atoms with van der Waals surface area (Å²) >= 11 is 0. The van der Waals surface area contributed by atoms with Crippen molar-refractivity contribution in [2.75, 3.05) is 20.8 Å². The van der Waals surface area contributed by atoms with Gasteiger partial charge in [-0.25, -0.2) is 0 Å². The van der Waals surface area contributed by atoms with Gasteiger partial charge < -0.3 is 19.9 Å². The topological polar surface area (TPSA) is 50.7 Å². The van der Waals surface area contributed by atoms with Crippen LogP contribution in [0.2, 0.25) is 0 Å². The maximum atomic E-state index is 9.80. The molecule has 102 valence electrons. The highest BCUT2D eigenvalue weighted by atomic mass is 16.5. The van der Waals surface area contributed by atoms with Gasteiger partial charge in [-0.1, -0.05) is 20.8 Å². The lowest BCUT2D eigenvalue weighted by Gasteiger charge is -2.19. The molecule has 0 aliphatic carbocycles. The van der Waals surface area contributed by atoms with E-state index in [1.54, 1.807) is 0 Å². The molecule has 0 saturated heterocycles. The number of rotatable bonds is 5. The summed E-state index contributed by atoms with van der Waals surface area (Å²) in [5, 5.41) is 13.2. The van der Waals surface area contributed by atoms with Crippen LogP contribution in [-0.4, -0.2) is 25.9 Å². The molecule has 0 fully saturated rings. The fraction of sp³-hybridized carbons (Fsp3) is 0.571. The van der Waals surface area contributed by atoms with Gasteiger partial charge >= 0.3 is 0 Å². The van der Waals surface area contributed by atoms with Gasteiger partial charge in [0, 0.05) is 13.1 Å². The standard InChI is InChI=1S/C14H23NO3/c1-14(2,3)9-15-8-10-6-11(17-4)13(16)12(7-10)18-5/h6-7,15-16H,8-9H2,1-5H3. The lowest BCUT2D eigenvalue weighted by atomic mass is 9.97. The van der Waals surface area contributed by atoms with Gasteiger partial charge in [0.15, 0.2) is 11.5 Å². The van der Waals surface area contributed by atoms with E-state index in [1.165, 1.54) is 14.2 Å². The van der Waals surface area contributed by atoms with E-state index in [9.17, 15) is 5.11 Å². The molecule has 0 amide bonds. The summed E-state index contributed by atoms with van der Waals surface area (Å²) in [7, 11) is 3.06. The zero-order valence-corrected chi connectivity index (χ0v) is 11.8. The zero-order chi connectivity index (χ0) is 13.8. The van der Waals surface area contributed by atoms with E-state index in [1.807, 2.05) is 12.1 Å². The molecule has 0 atom stereocenters. The van der Waals surface area contributed by atoms with E-state index in [0.717, 1.165) is 12.1 Å². The third-order valence-electron chi connectivity index (χ3n) is 2.52. The molecule has 0 radical (unpaired) electrons. The number of benzene rings is 1. The smallest absolute Gasteiger partial charge is 0.200 e. The van der Waals surface area contributed by atoms with Crippen molar-refractivity contribution in [2.45, 2.75) is 27.3 Å². The molecule has 1 aromatic rings. The molecule has 0 saturated carbocycles. The van der Waals surface area contributed by atoms with Gasteiger partial charge in [0.1, 0.15) is 0 Å². The van der Waals surface area contributed by atoms with Crippen LogP contribution in [0.5, 0.6) is 17.2 Å². The van der Waals surface area contributed by atoms with Gasteiger partial charge in [0.25, 0.3) is 0 Å². The van der Waals surface area contributed by atoms with E-state index >= 15 is 0 Å². The first-order valence-corrected chi connectivity index (χ1v) is 6.02. The summed E-state index contributed by atoms with van der Waals surface area (Å²) < 4.78 is 10.2. The average molecular weight is 253 g/mol. The normalized spacial score (nSPS) is 11.4. The first kappa shape index (κ1) is 14.6. The highest BCUT2D eigenvalue weighted by Crippen LogP contribution is 2.37. The van der Waals surface area contributed by atoms with Gasteiger partial charge in [0.05, 0.1) is 14.2 Å². The maximum Gasteiger partial charge on any atom is 0.200 e. The number of phenolic OH excluding ortho intramolecular Hbond substituents is 1. The molecule has 4 heteroatoms. The Bertz CT molecular complexity index is 372. The second-order valence-corrected chi connectivity index (χ2v) is 5.51. The number of hydrogen-bond donors (Lipinski definition) is 2. The zero-order valence-electron chi connectivity index (χ0n) is 11.8. The summed E-state index contributed by atoms with van der Waals surface area (Å²) in [4.78, 5) is 0. The molecule has 0 aromatic heterocycles. The Kier molecular flexibility index (Phi) is 4.84. The molecule has 0 heterocycles. The van der Waals surface area contributed by atoms with E-state index in [4.69, 9.17) is 9.47 Å². The predicted molar refractivity (Wildman–Crippen MR) is 72.4 cm³/mol. The molecule has 18 heavy (non-hydrogen) atoms. The van der Waals surface area contributed by atoms with Gasteiger partial charge in [-0.3, -0.25) is 0 Å². The minimum absolute atomic E-state index is 0.0413. The SMILES string of the molecule is COc1cc(CNCC(C)(C)C)cc(OC)c1O. The lowest BCUT2D eigenvalue weighted by molar-refractivity contribution is 0.338. The van der Waals surface area contributed by atoms with Crippen molar-refractivity contribution in [3.63, 3.8) is 0 Å². The fourth-order valence-corrected chi connectivity index (χ4v) is 1.63. The monoisotopic (exact) mass is 253 g/mol. The van der Waals surface area contributed by atoms with Crippen molar-refractivity contribution < 1.29 is 14.6 Å². The molecule has 4 nitrogen and oxygen atoms in total. The summed E-state index contributed by atoms with van der Waals surface area (Å²) in [5.74, 6) is 0.906. The Morgan fingerprint density at radius 2 is 1.61 bits per heavy atom. The van der Waals surface area contributed by atoms with Crippen molar-refractivity contribution in [3.8, 4) is 17.2 Å². The number of methoxy groups -OCH3 is 2. The van der Waals surface area contributed by atoms with Crippen LogP contribution in [0.1, 0.15) is 26.3 Å². The number of ether oxygens (including phenoxy) is 2. The van der Waals surface area contributed by atoms with Crippen LogP contribution in [0.3, 0.4) is 0 Å². The second-order valence-electron chi connectivity index (χ2n) is 5.51. The minimum atomic E-state index is 0.0413. The van der Waals surface area contributed by atoms with Crippen LogP contribution >= 0.6 is 0 Å². The number of hydrogen-bond acceptors (Lipinski definition) is 4. The average Bonchev–Trinajstić information content (AvgIpc) is 2.29. The number of nitrogens with one attached hydrogen (secondary N) is 1. The van der Waals surface area contributed by atoms with E-state index < -0.39 is 0 Å². The Balaban J connectivity index is 2.77. The molecule has 0 spiro atoms. The second kappa shape index (κ2) is 5.96. The minimum Gasteiger partial charge on any atom is -0.502 e. The van der Waals surface area contributed by atoms with Crippen molar-refractivity contribution >= 4 is 0 Å². The summed E-state index contributed by atoms with van der Waals surface area (Å²) in [6, 6.07) is 3.63. The number of phenols is 1. The van der Waals surface area contributed by atoms with Crippen LogP contribution in [0.4, 0.5) is 0 Å². The van der Waals surface area contributed by atoms with E-state index in [-0.39, 0.29) is 11.2 Å². The third-order valence-corrected chi connectivity index (χ3v) is 2.52. The van der Waals surface area contributed by atoms with Gasteiger partial charge in [-0.2, -0.15) is 0 Å². The van der Waals surface area contributed by atoms with E-state index in [0.29, 0.717) is 18.0 Å². The molecule has 0 aliphatic rings. The maximum absolute atomic E-state index is 9.80. The van der Waals surface area contributed by atoms with Crippen molar-refractivity contribution in [1.82, 2.24) is 5.32 Å². The highest BCUT2D eigenvalue weighted by molar-refractivity contribution is 5.52. The molecule has 1 rings (SSSR count). The summed E-state index contributed by atoms with van der Waals surface area (Å²) in [6.07, 6.45) is 0. The Labute approximate surface area is 109 Å².